The maximum absolute atomic E-state index is 11.4. The van der Waals surface area contributed by atoms with Gasteiger partial charge < -0.3 is 11.1 Å². The second kappa shape index (κ2) is 6.05. The van der Waals surface area contributed by atoms with E-state index >= 15 is 0 Å². The number of hydrogen-bond donors (Lipinski definition) is 2. The van der Waals surface area contributed by atoms with Crippen LogP contribution in [0.1, 0.15) is 40.5 Å². The van der Waals surface area contributed by atoms with E-state index < -0.39 is 0 Å². The fourth-order valence-electron chi connectivity index (χ4n) is 1.69. The third-order valence-corrected chi connectivity index (χ3v) is 2.10. The minimum Gasteiger partial charge on any atom is -0.392 e. The highest BCUT2D eigenvalue weighted by atomic mass is 32.1. The summed E-state index contributed by atoms with van der Waals surface area (Å²) in [5.74, 6) is 0.413. The molecule has 0 aliphatic heterocycles. The van der Waals surface area contributed by atoms with Crippen molar-refractivity contribution in [3.8, 4) is 0 Å². The molecule has 3 N–H and O–H groups in total. The molecule has 15 heavy (non-hydrogen) atoms. The van der Waals surface area contributed by atoms with Crippen molar-refractivity contribution in [2.24, 2.45) is 17.1 Å². The average Bonchev–Trinajstić information content (AvgIpc) is 1.96. The minimum atomic E-state index is 0.0274. The zero-order valence-corrected chi connectivity index (χ0v) is 10.9. The molecule has 0 spiro atoms. The van der Waals surface area contributed by atoms with Gasteiger partial charge in [-0.1, -0.05) is 39.9 Å². The lowest BCUT2D eigenvalue weighted by atomic mass is 9.84. The van der Waals surface area contributed by atoms with Crippen LogP contribution >= 0.6 is 12.2 Å². The summed E-state index contributed by atoms with van der Waals surface area (Å²) in [6.45, 7) is 8.92. The summed E-state index contributed by atoms with van der Waals surface area (Å²) in [7, 11) is 0. The lowest BCUT2D eigenvalue weighted by Crippen LogP contribution is -2.33. The van der Waals surface area contributed by atoms with Crippen molar-refractivity contribution < 1.29 is 4.79 Å². The van der Waals surface area contributed by atoms with Crippen molar-refractivity contribution in [2.75, 3.05) is 6.54 Å². The highest BCUT2D eigenvalue weighted by Crippen LogP contribution is 2.25. The van der Waals surface area contributed by atoms with E-state index in [1.165, 1.54) is 0 Å². The Morgan fingerprint density at radius 3 is 2.40 bits per heavy atom. The van der Waals surface area contributed by atoms with Crippen LogP contribution in [-0.4, -0.2) is 17.4 Å². The first kappa shape index (κ1) is 14.4. The van der Waals surface area contributed by atoms with E-state index in [1.807, 2.05) is 0 Å². The summed E-state index contributed by atoms with van der Waals surface area (Å²) in [6, 6.07) is 0. The number of thiocarbonyl (C=S) groups is 1. The Balaban J connectivity index is 3.81. The fraction of sp³-hybridized carbons (Fsp3) is 0.818. The Morgan fingerprint density at radius 1 is 1.47 bits per heavy atom. The second-order valence-electron chi connectivity index (χ2n) is 5.32. The average molecular weight is 230 g/mol. The molecular weight excluding hydrogens is 208 g/mol. The third-order valence-electron chi connectivity index (χ3n) is 1.95. The van der Waals surface area contributed by atoms with E-state index in [0.717, 1.165) is 6.42 Å². The molecule has 88 valence electrons. The summed E-state index contributed by atoms with van der Waals surface area (Å²) in [5.41, 5.74) is 5.56. The maximum atomic E-state index is 11.4. The van der Waals surface area contributed by atoms with Crippen molar-refractivity contribution in [1.82, 2.24) is 5.32 Å². The topological polar surface area (TPSA) is 55.1 Å². The number of nitrogens with one attached hydrogen (secondary N) is 1. The normalized spacial score (nSPS) is 13.3. The number of carbonyl (C=O) groups excluding carboxylic acids is 1. The molecule has 0 bridgehead atoms. The van der Waals surface area contributed by atoms with Gasteiger partial charge in [0.05, 0.1) is 11.5 Å². The molecule has 0 saturated heterocycles. The van der Waals surface area contributed by atoms with Crippen LogP contribution in [0.3, 0.4) is 0 Å². The summed E-state index contributed by atoms with van der Waals surface area (Å²) >= 11 is 4.68. The number of rotatable bonds is 5. The molecule has 1 unspecified atom stereocenters. The molecule has 0 saturated carbocycles. The smallest absolute Gasteiger partial charge is 0.220 e. The van der Waals surface area contributed by atoms with Crippen molar-refractivity contribution in [3.05, 3.63) is 0 Å². The van der Waals surface area contributed by atoms with Gasteiger partial charge in [-0.3, -0.25) is 4.79 Å². The van der Waals surface area contributed by atoms with Crippen molar-refractivity contribution >= 4 is 23.1 Å². The Labute approximate surface area is 97.8 Å². The van der Waals surface area contributed by atoms with Gasteiger partial charge in [0.2, 0.25) is 5.91 Å². The predicted octanol–water partition coefficient (Wildman–Crippen LogP) is 1.85. The molecule has 0 aliphatic carbocycles. The van der Waals surface area contributed by atoms with Gasteiger partial charge in [0.1, 0.15) is 0 Å². The SMILES string of the molecule is CC(CC(=O)NCC(N)=S)CC(C)(C)C. The molecule has 0 radical (unpaired) electrons. The lowest BCUT2D eigenvalue weighted by Gasteiger charge is -2.22. The molecule has 1 atom stereocenters. The van der Waals surface area contributed by atoms with E-state index in [9.17, 15) is 4.79 Å². The number of nitrogens with two attached hydrogens (primary N) is 1. The van der Waals surface area contributed by atoms with Crippen LogP contribution in [-0.2, 0) is 4.79 Å². The summed E-state index contributed by atoms with van der Waals surface area (Å²) in [5, 5.41) is 2.69. The highest BCUT2D eigenvalue weighted by Gasteiger charge is 2.17. The van der Waals surface area contributed by atoms with Crippen LogP contribution in [0.2, 0.25) is 0 Å². The number of amides is 1. The van der Waals surface area contributed by atoms with Crippen LogP contribution in [0.15, 0.2) is 0 Å². The van der Waals surface area contributed by atoms with Gasteiger partial charge in [-0.05, 0) is 17.8 Å². The van der Waals surface area contributed by atoms with Crippen molar-refractivity contribution in [2.45, 2.75) is 40.5 Å². The second-order valence-corrected chi connectivity index (χ2v) is 5.84. The van der Waals surface area contributed by atoms with Gasteiger partial charge in [0, 0.05) is 6.42 Å². The molecule has 0 aliphatic rings. The quantitative estimate of drug-likeness (QED) is 0.709. The molecule has 0 rings (SSSR count). The monoisotopic (exact) mass is 230 g/mol. The van der Waals surface area contributed by atoms with E-state index in [2.05, 4.69) is 45.2 Å². The third kappa shape index (κ3) is 9.66. The highest BCUT2D eigenvalue weighted by molar-refractivity contribution is 7.80. The van der Waals surface area contributed by atoms with Gasteiger partial charge in [-0.15, -0.1) is 0 Å². The van der Waals surface area contributed by atoms with E-state index in [0.29, 0.717) is 23.9 Å². The largest absolute Gasteiger partial charge is 0.392 e. The van der Waals surface area contributed by atoms with E-state index in [-0.39, 0.29) is 11.3 Å². The van der Waals surface area contributed by atoms with Gasteiger partial charge in [0.25, 0.3) is 0 Å². The molecule has 0 aromatic heterocycles. The summed E-state index contributed by atoms with van der Waals surface area (Å²) in [4.78, 5) is 11.7. The van der Waals surface area contributed by atoms with E-state index in [4.69, 9.17) is 5.73 Å². The van der Waals surface area contributed by atoms with Crippen LogP contribution in [0.4, 0.5) is 0 Å². The summed E-state index contributed by atoms with van der Waals surface area (Å²) in [6.07, 6.45) is 1.58. The van der Waals surface area contributed by atoms with Crippen LogP contribution in [0, 0.1) is 11.3 Å². The fourth-order valence-corrected chi connectivity index (χ4v) is 1.76. The lowest BCUT2D eigenvalue weighted by molar-refractivity contribution is -0.121. The first-order valence-corrected chi connectivity index (χ1v) is 5.66. The zero-order chi connectivity index (χ0) is 12.1. The van der Waals surface area contributed by atoms with Crippen molar-refractivity contribution in [3.63, 3.8) is 0 Å². The predicted molar refractivity (Wildman–Crippen MR) is 67.6 cm³/mol. The van der Waals surface area contributed by atoms with Gasteiger partial charge >= 0.3 is 0 Å². The van der Waals surface area contributed by atoms with Gasteiger partial charge in [-0.2, -0.15) is 0 Å². The molecule has 3 nitrogen and oxygen atoms in total. The molecule has 0 heterocycles. The van der Waals surface area contributed by atoms with Gasteiger partial charge in [-0.25, -0.2) is 0 Å². The van der Waals surface area contributed by atoms with Crippen molar-refractivity contribution in [1.29, 1.82) is 0 Å². The number of hydrogen-bond acceptors (Lipinski definition) is 2. The Kier molecular flexibility index (Phi) is 5.80. The first-order valence-electron chi connectivity index (χ1n) is 5.25. The Morgan fingerprint density at radius 2 is 2.00 bits per heavy atom. The molecule has 1 amide bonds. The van der Waals surface area contributed by atoms with Crippen LogP contribution in [0.5, 0.6) is 0 Å². The minimum absolute atomic E-state index is 0.0274. The standard InChI is InChI=1S/C11H22N2OS/c1-8(6-11(2,3)4)5-10(14)13-7-9(12)15/h8H,5-7H2,1-4H3,(H2,12,15)(H,13,14). The van der Waals surface area contributed by atoms with Crippen LogP contribution < -0.4 is 11.1 Å². The zero-order valence-electron chi connectivity index (χ0n) is 10.1. The molecule has 4 heteroatoms. The molecule has 0 fully saturated rings. The molecule has 0 aromatic rings. The Bertz CT molecular complexity index is 233. The summed E-state index contributed by atoms with van der Waals surface area (Å²) < 4.78 is 0. The van der Waals surface area contributed by atoms with E-state index in [1.54, 1.807) is 0 Å². The van der Waals surface area contributed by atoms with Crippen LogP contribution in [0.25, 0.3) is 0 Å². The first-order chi connectivity index (χ1) is 6.70. The molecular formula is C11H22N2OS. The Hall–Kier alpha value is -0.640. The van der Waals surface area contributed by atoms with Gasteiger partial charge in [0.15, 0.2) is 0 Å². The maximum Gasteiger partial charge on any atom is 0.220 e. The molecule has 0 aromatic carbocycles. The number of carbonyl (C=O) groups is 1.